The van der Waals surface area contributed by atoms with Crippen LogP contribution >= 0.6 is 11.6 Å². The summed E-state index contributed by atoms with van der Waals surface area (Å²) in [5, 5.41) is 0. The summed E-state index contributed by atoms with van der Waals surface area (Å²) < 4.78 is 29.8. The first-order valence-electron chi connectivity index (χ1n) is 4.81. The van der Waals surface area contributed by atoms with Gasteiger partial charge in [-0.2, -0.15) is 0 Å². The van der Waals surface area contributed by atoms with Crippen molar-refractivity contribution in [2.45, 2.75) is 19.2 Å². The lowest BCUT2D eigenvalue weighted by Crippen LogP contribution is -2.13. The van der Waals surface area contributed by atoms with Crippen molar-refractivity contribution in [2.24, 2.45) is 0 Å². The van der Waals surface area contributed by atoms with Gasteiger partial charge in [0.2, 0.25) is 0 Å². The van der Waals surface area contributed by atoms with Crippen molar-refractivity contribution in [3.63, 3.8) is 0 Å². The largest absolute Gasteiger partial charge is 0.461 e. The second-order valence-corrected chi connectivity index (χ2v) is 3.39. The number of carbonyl (C=O) groups excluding carboxylic acids is 1. The summed E-state index contributed by atoms with van der Waals surface area (Å²) in [6.07, 6.45) is -2.76. The van der Waals surface area contributed by atoms with Gasteiger partial charge in [0.15, 0.2) is 5.69 Å². The highest BCUT2D eigenvalue weighted by Crippen LogP contribution is 2.26. The maximum atomic E-state index is 12.5. The van der Waals surface area contributed by atoms with Crippen LogP contribution in [0.3, 0.4) is 0 Å². The van der Waals surface area contributed by atoms with Crippen molar-refractivity contribution in [3.8, 4) is 0 Å². The van der Waals surface area contributed by atoms with Crippen molar-refractivity contribution in [2.75, 3.05) is 12.3 Å². The van der Waals surface area contributed by atoms with Gasteiger partial charge in [0.1, 0.15) is 5.82 Å². The third-order valence-corrected chi connectivity index (χ3v) is 2.30. The Bertz CT molecular complexity index is 427. The third-order valence-electron chi connectivity index (χ3n) is 2.01. The first-order valence-corrected chi connectivity index (χ1v) is 5.35. The minimum Gasteiger partial charge on any atom is -0.461 e. The molecule has 0 spiro atoms. The predicted octanol–water partition coefficient (Wildman–Crippen LogP) is 2.52. The van der Waals surface area contributed by atoms with Crippen LogP contribution in [0.4, 0.5) is 14.6 Å². The Balaban J connectivity index is 3.23. The Morgan fingerprint density at radius 1 is 1.65 bits per heavy atom. The molecule has 0 radical (unpaired) electrons. The number of aromatic nitrogens is 1. The number of carbonyl (C=O) groups is 1. The topological polar surface area (TPSA) is 65.2 Å². The molecule has 1 heterocycles. The second-order valence-electron chi connectivity index (χ2n) is 3.13. The molecule has 0 fully saturated rings. The van der Waals surface area contributed by atoms with E-state index >= 15 is 0 Å². The minimum atomic E-state index is -2.76. The van der Waals surface area contributed by atoms with Crippen LogP contribution in [0.15, 0.2) is 6.07 Å². The highest BCUT2D eigenvalue weighted by atomic mass is 35.5. The monoisotopic (exact) mass is 264 g/mol. The third kappa shape index (κ3) is 3.03. The van der Waals surface area contributed by atoms with Gasteiger partial charge < -0.3 is 10.5 Å². The number of alkyl halides is 3. The average molecular weight is 265 g/mol. The quantitative estimate of drug-likeness (QED) is 0.670. The fraction of sp³-hybridized carbons (Fsp3) is 0.400. The number of anilines is 1. The molecule has 0 bridgehead atoms. The molecule has 0 aliphatic rings. The summed E-state index contributed by atoms with van der Waals surface area (Å²) in [4.78, 5) is 15.1. The normalized spacial score (nSPS) is 10.6. The molecular formula is C10H11ClF2N2O2. The lowest BCUT2D eigenvalue weighted by atomic mass is 10.1. The fourth-order valence-electron chi connectivity index (χ4n) is 1.24. The van der Waals surface area contributed by atoms with E-state index in [1.165, 1.54) is 0 Å². The Morgan fingerprint density at radius 2 is 2.29 bits per heavy atom. The van der Waals surface area contributed by atoms with Crippen LogP contribution in [-0.4, -0.2) is 17.6 Å². The van der Waals surface area contributed by atoms with Crippen LogP contribution in [0.5, 0.6) is 0 Å². The lowest BCUT2D eigenvalue weighted by Gasteiger charge is -2.10. The number of hydrogen-bond donors (Lipinski definition) is 1. The summed E-state index contributed by atoms with van der Waals surface area (Å²) in [5.41, 5.74) is 4.96. The van der Waals surface area contributed by atoms with Crippen LogP contribution in [0.2, 0.25) is 0 Å². The number of rotatable bonds is 4. The highest BCUT2D eigenvalue weighted by Gasteiger charge is 2.20. The van der Waals surface area contributed by atoms with Crippen molar-refractivity contribution >= 4 is 23.4 Å². The van der Waals surface area contributed by atoms with Crippen molar-refractivity contribution in [3.05, 3.63) is 22.9 Å². The first kappa shape index (κ1) is 13.6. The Hall–Kier alpha value is -1.43. The average Bonchev–Trinajstić information content (AvgIpc) is 2.28. The van der Waals surface area contributed by atoms with Gasteiger partial charge in [0.25, 0.3) is 6.43 Å². The molecule has 0 aliphatic carbocycles. The van der Waals surface area contributed by atoms with Crippen LogP contribution in [-0.2, 0) is 10.6 Å². The van der Waals surface area contributed by atoms with Crippen molar-refractivity contribution in [1.29, 1.82) is 0 Å². The number of hydrogen-bond acceptors (Lipinski definition) is 4. The van der Waals surface area contributed by atoms with Gasteiger partial charge in [-0.15, -0.1) is 11.6 Å². The van der Waals surface area contributed by atoms with Crippen LogP contribution in [0, 0.1) is 0 Å². The molecule has 94 valence electrons. The molecule has 0 saturated carbocycles. The van der Waals surface area contributed by atoms with Crippen molar-refractivity contribution in [1.82, 2.24) is 4.98 Å². The van der Waals surface area contributed by atoms with E-state index in [4.69, 9.17) is 22.1 Å². The second kappa shape index (κ2) is 5.77. The van der Waals surface area contributed by atoms with E-state index in [1.54, 1.807) is 6.92 Å². The van der Waals surface area contributed by atoms with E-state index in [2.05, 4.69) is 4.98 Å². The molecule has 0 atom stereocenters. The molecule has 1 aromatic rings. The zero-order valence-electron chi connectivity index (χ0n) is 9.04. The zero-order valence-corrected chi connectivity index (χ0v) is 9.80. The summed E-state index contributed by atoms with van der Waals surface area (Å²) in [6, 6.07) is 1.08. The van der Waals surface area contributed by atoms with Crippen molar-refractivity contribution < 1.29 is 18.3 Å². The van der Waals surface area contributed by atoms with Crippen LogP contribution in [0.25, 0.3) is 0 Å². The van der Waals surface area contributed by atoms with Gasteiger partial charge in [0.05, 0.1) is 12.2 Å². The number of nitrogen functional groups attached to an aromatic ring is 1. The maximum absolute atomic E-state index is 12.5. The van der Waals surface area contributed by atoms with Gasteiger partial charge in [-0.05, 0) is 13.0 Å². The van der Waals surface area contributed by atoms with E-state index in [0.717, 1.165) is 6.07 Å². The number of pyridine rings is 1. The predicted molar refractivity (Wildman–Crippen MR) is 59.1 cm³/mol. The highest BCUT2D eigenvalue weighted by molar-refractivity contribution is 6.17. The molecule has 0 aliphatic heterocycles. The number of ether oxygens (including phenoxy) is 1. The van der Waals surface area contributed by atoms with Gasteiger partial charge in [-0.3, -0.25) is 0 Å². The van der Waals surface area contributed by atoms with E-state index in [-0.39, 0.29) is 23.7 Å². The van der Waals surface area contributed by atoms with E-state index in [9.17, 15) is 13.6 Å². The number of nitrogens with two attached hydrogens (primary N) is 1. The van der Waals surface area contributed by atoms with Gasteiger partial charge in [-0.1, -0.05) is 0 Å². The molecule has 7 heteroatoms. The smallest absolute Gasteiger partial charge is 0.357 e. The number of nitrogens with zero attached hydrogens (tertiary/aromatic N) is 1. The zero-order chi connectivity index (χ0) is 13.0. The first-order chi connectivity index (χ1) is 8.01. The summed E-state index contributed by atoms with van der Waals surface area (Å²) >= 11 is 5.57. The Kier molecular flexibility index (Phi) is 4.62. The van der Waals surface area contributed by atoms with E-state index in [0.29, 0.717) is 0 Å². The molecule has 1 aromatic heterocycles. The molecule has 2 N–H and O–H groups in total. The Morgan fingerprint density at radius 3 is 2.76 bits per heavy atom. The molecule has 0 aromatic carbocycles. The van der Waals surface area contributed by atoms with E-state index < -0.39 is 23.8 Å². The van der Waals surface area contributed by atoms with E-state index in [1.807, 2.05) is 0 Å². The molecule has 17 heavy (non-hydrogen) atoms. The van der Waals surface area contributed by atoms with Gasteiger partial charge in [0, 0.05) is 11.4 Å². The minimum absolute atomic E-state index is 0.122. The maximum Gasteiger partial charge on any atom is 0.357 e. The van der Waals surface area contributed by atoms with Gasteiger partial charge in [-0.25, -0.2) is 18.6 Å². The van der Waals surface area contributed by atoms with Crippen LogP contribution < -0.4 is 5.73 Å². The number of esters is 1. The molecule has 0 amide bonds. The summed E-state index contributed by atoms with van der Waals surface area (Å²) in [5.74, 6) is -1.24. The number of halogens is 3. The summed E-state index contributed by atoms with van der Waals surface area (Å²) in [6.45, 7) is 1.77. The standard InChI is InChI=1S/C10H11ClF2N2O2/c1-2-17-10(16)7-5(4-11)3-6(8(12)13)9(14)15-7/h3,8H,2,4H2,1H3,(H2,14,15). The molecular weight excluding hydrogens is 254 g/mol. The lowest BCUT2D eigenvalue weighted by molar-refractivity contribution is 0.0518. The summed E-state index contributed by atoms with van der Waals surface area (Å²) in [7, 11) is 0. The fourth-order valence-corrected chi connectivity index (χ4v) is 1.44. The molecule has 0 unspecified atom stereocenters. The molecule has 0 saturated heterocycles. The molecule has 1 rings (SSSR count). The SMILES string of the molecule is CCOC(=O)c1nc(N)c(C(F)F)cc1CCl. The molecule has 4 nitrogen and oxygen atoms in total. The van der Waals surface area contributed by atoms with Crippen LogP contribution in [0.1, 0.15) is 35.0 Å². The Labute approximate surface area is 102 Å². The van der Waals surface area contributed by atoms with Gasteiger partial charge >= 0.3 is 5.97 Å².